The summed E-state index contributed by atoms with van der Waals surface area (Å²) < 4.78 is 0. The van der Waals surface area contributed by atoms with E-state index in [9.17, 15) is 53.7 Å². The number of nitrogens with two attached hydrogens (primary N) is 4. The zero-order chi connectivity index (χ0) is 45.9. The van der Waals surface area contributed by atoms with Crippen LogP contribution in [-0.4, -0.2) is 124 Å². The zero-order valence-corrected chi connectivity index (χ0v) is 34.9. The van der Waals surface area contributed by atoms with E-state index >= 15 is 0 Å². The van der Waals surface area contributed by atoms with E-state index < -0.39 is 102 Å². The standard InChI is InChI=1S/C38H63N11O11/c1-18(2)16-26(33(55)44-20(5)37(59)60)47-32(54)25(13-14-28(40)52)45-35(57)29(19(3)4)48-36(58)30(21(6)50)49-34(56)27(17-22-9-11-23(51)12-10-22)46-31(53)24(39)8-7-15-43-38(41)42/h9-12,18-21,24-27,29-30,50-51H,7-8,13-17,39H2,1-6H3,(H2,40,52)(H,44,55)(H,45,57)(H,46,53)(H,47,54)(H,48,58)(H,49,56)(H,59,60)(H4,41,42,43)/t20-,21+,24-,25-,26-,27-,29-,30-/m0/s1. The molecule has 8 atom stereocenters. The Morgan fingerprint density at radius 2 is 1.18 bits per heavy atom. The van der Waals surface area contributed by atoms with Crippen molar-refractivity contribution in [1.29, 1.82) is 0 Å². The number of carboxylic acids is 1. The maximum absolute atomic E-state index is 13.8. The Morgan fingerprint density at radius 3 is 1.70 bits per heavy atom. The van der Waals surface area contributed by atoms with Crippen molar-refractivity contribution in [3.63, 3.8) is 0 Å². The molecular weight excluding hydrogens is 786 g/mol. The summed E-state index contributed by atoms with van der Waals surface area (Å²) in [4.78, 5) is 108. The molecule has 0 saturated carbocycles. The van der Waals surface area contributed by atoms with E-state index in [-0.39, 0.29) is 56.3 Å². The number of nitrogens with one attached hydrogen (secondary N) is 6. The first-order chi connectivity index (χ1) is 27.9. The van der Waals surface area contributed by atoms with Crippen molar-refractivity contribution in [2.75, 3.05) is 6.54 Å². The van der Waals surface area contributed by atoms with Gasteiger partial charge < -0.3 is 70.2 Å². The summed E-state index contributed by atoms with van der Waals surface area (Å²) in [7, 11) is 0. The number of aromatic hydroxyl groups is 1. The van der Waals surface area contributed by atoms with Crippen LogP contribution in [0.3, 0.4) is 0 Å². The molecule has 0 unspecified atom stereocenters. The summed E-state index contributed by atoms with van der Waals surface area (Å²) in [5.74, 6) is -8.33. The van der Waals surface area contributed by atoms with Gasteiger partial charge in [-0.3, -0.25) is 43.3 Å². The Morgan fingerprint density at radius 1 is 0.667 bits per heavy atom. The summed E-state index contributed by atoms with van der Waals surface area (Å²) in [6, 6.07) is -3.70. The molecule has 60 heavy (non-hydrogen) atoms. The summed E-state index contributed by atoms with van der Waals surface area (Å²) in [5.41, 5.74) is 22.5. The van der Waals surface area contributed by atoms with Gasteiger partial charge in [0.05, 0.1) is 12.1 Å². The van der Waals surface area contributed by atoms with Gasteiger partial charge in [-0.05, 0) is 69.1 Å². The van der Waals surface area contributed by atoms with E-state index in [1.807, 2.05) is 0 Å². The lowest BCUT2D eigenvalue weighted by Gasteiger charge is -2.29. The largest absolute Gasteiger partial charge is 0.508 e. The summed E-state index contributed by atoms with van der Waals surface area (Å²) in [6.07, 6.45) is -1.77. The number of carboxylic acid groups (broad SMARTS) is 1. The minimum absolute atomic E-state index is 0.0497. The van der Waals surface area contributed by atoms with Gasteiger partial charge in [0.1, 0.15) is 42.0 Å². The molecular formula is C38H63N11O11. The second kappa shape index (κ2) is 25.5. The number of aliphatic carboxylic acids is 1. The number of primary amides is 1. The second-order valence-corrected chi connectivity index (χ2v) is 15.3. The lowest BCUT2D eigenvalue weighted by molar-refractivity contribution is -0.142. The third kappa shape index (κ3) is 19.1. The Hall–Kier alpha value is -6.03. The molecule has 17 N–H and O–H groups in total. The van der Waals surface area contributed by atoms with Crippen molar-refractivity contribution >= 4 is 53.3 Å². The predicted molar refractivity (Wildman–Crippen MR) is 219 cm³/mol. The number of carbonyl (C=O) groups is 8. The first kappa shape index (κ1) is 52.0. The highest BCUT2D eigenvalue weighted by atomic mass is 16.4. The molecule has 0 radical (unpaired) electrons. The third-order valence-electron chi connectivity index (χ3n) is 9.00. The number of carbonyl (C=O) groups excluding carboxylic acids is 7. The second-order valence-electron chi connectivity index (χ2n) is 15.3. The lowest BCUT2D eigenvalue weighted by atomic mass is 9.99. The number of phenols is 1. The molecule has 0 aliphatic carbocycles. The van der Waals surface area contributed by atoms with Crippen LogP contribution in [0.2, 0.25) is 0 Å². The Balaban J connectivity index is 3.31. The van der Waals surface area contributed by atoms with E-state index in [1.54, 1.807) is 27.7 Å². The number of rotatable bonds is 26. The molecule has 0 bridgehead atoms. The van der Waals surface area contributed by atoms with Crippen LogP contribution in [0.1, 0.15) is 79.2 Å². The smallest absolute Gasteiger partial charge is 0.325 e. The predicted octanol–water partition coefficient (Wildman–Crippen LogP) is -3.32. The Labute approximate surface area is 348 Å². The van der Waals surface area contributed by atoms with Crippen molar-refractivity contribution in [2.24, 2.45) is 39.8 Å². The van der Waals surface area contributed by atoms with Crippen molar-refractivity contribution in [2.45, 2.75) is 128 Å². The van der Waals surface area contributed by atoms with Crippen LogP contribution in [0.4, 0.5) is 0 Å². The first-order valence-corrected chi connectivity index (χ1v) is 19.5. The normalized spacial score (nSPS) is 15.1. The van der Waals surface area contributed by atoms with Gasteiger partial charge in [0.2, 0.25) is 41.4 Å². The van der Waals surface area contributed by atoms with Gasteiger partial charge in [-0.1, -0.05) is 39.8 Å². The van der Waals surface area contributed by atoms with Crippen LogP contribution < -0.4 is 54.8 Å². The molecule has 1 aromatic carbocycles. The van der Waals surface area contributed by atoms with Gasteiger partial charge in [-0.25, -0.2) is 0 Å². The van der Waals surface area contributed by atoms with Crippen LogP contribution in [-0.2, 0) is 44.8 Å². The van der Waals surface area contributed by atoms with E-state index in [1.165, 1.54) is 38.1 Å². The van der Waals surface area contributed by atoms with E-state index in [2.05, 4.69) is 36.9 Å². The fourth-order valence-electron chi connectivity index (χ4n) is 5.61. The molecule has 0 fully saturated rings. The fraction of sp³-hybridized carbons (Fsp3) is 0.605. The van der Waals surface area contributed by atoms with Crippen molar-refractivity contribution in [3.8, 4) is 5.75 Å². The van der Waals surface area contributed by atoms with Gasteiger partial charge >= 0.3 is 5.97 Å². The molecule has 0 heterocycles. The number of phenolic OH excluding ortho intramolecular Hbond substituents is 1. The number of benzene rings is 1. The average Bonchev–Trinajstić information content (AvgIpc) is 3.15. The lowest BCUT2D eigenvalue weighted by Crippen LogP contribution is -2.62. The minimum Gasteiger partial charge on any atom is -0.508 e. The quantitative estimate of drug-likeness (QED) is 0.0247. The summed E-state index contributed by atoms with van der Waals surface area (Å²) >= 11 is 0. The number of guanidine groups is 1. The molecule has 0 saturated heterocycles. The van der Waals surface area contributed by atoms with Crippen molar-refractivity contribution < 1.29 is 53.7 Å². The fourth-order valence-corrected chi connectivity index (χ4v) is 5.61. The molecule has 0 spiro atoms. The first-order valence-electron chi connectivity index (χ1n) is 19.5. The SMILES string of the molecule is CC(C)C[C@H](NC(=O)[C@H](CCC(N)=O)NC(=O)[C@@H](NC(=O)[C@@H](NC(=O)[C@H](Cc1ccc(O)cc1)NC(=O)[C@@H](N)CCCN=C(N)N)[C@@H](C)O)C(C)C)C(=O)N[C@@H](C)C(=O)O. The molecule has 0 aliphatic heterocycles. The van der Waals surface area contributed by atoms with Crippen LogP contribution in [0.5, 0.6) is 5.75 Å². The third-order valence-corrected chi connectivity index (χ3v) is 9.00. The molecule has 336 valence electrons. The van der Waals surface area contributed by atoms with Gasteiger partial charge in [0.15, 0.2) is 5.96 Å². The van der Waals surface area contributed by atoms with Gasteiger partial charge in [-0.2, -0.15) is 0 Å². The topological polar surface area (TPSA) is 386 Å². The average molecular weight is 850 g/mol. The van der Waals surface area contributed by atoms with E-state index in [0.717, 1.165) is 0 Å². The Bertz CT molecular complexity index is 1670. The number of aliphatic hydroxyl groups excluding tert-OH is 1. The monoisotopic (exact) mass is 849 g/mol. The highest BCUT2D eigenvalue weighted by Crippen LogP contribution is 2.13. The molecule has 7 amide bonds. The number of amides is 7. The number of aliphatic imine (C=N–C) groups is 1. The zero-order valence-electron chi connectivity index (χ0n) is 34.9. The van der Waals surface area contributed by atoms with Crippen LogP contribution in [0.25, 0.3) is 0 Å². The molecule has 1 rings (SSSR count). The number of hydrogen-bond acceptors (Lipinski definition) is 12. The van der Waals surface area contributed by atoms with E-state index in [0.29, 0.717) is 12.0 Å². The maximum atomic E-state index is 13.8. The van der Waals surface area contributed by atoms with Crippen LogP contribution in [0, 0.1) is 11.8 Å². The van der Waals surface area contributed by atoms with Gasteiger partial charge in [-0.15, -0.1) is 0 Å². The highest BCUT2D eigenvalue weighted by Gasteiger charge is 2.36. The summed E-state index contributed by atoms with van der Waals surface area (Å²) in [6.45, 7) is 9.31. The van der Waals surface area contributed by atoms with Crippen molar-refractivity contribution in [1.82, 2.24) is 31.9 Å². The van der Waals surface area contributed by atoms with Crippen molar-refractivity contribution in [3.05, 3.63) is 29.8 Å². The van der Waals surface area contributed by atoms with Crippen LogP contribution in [0.15, 0.2) is 29.3 Å². The van der Waals surface area contributed by atoms with Gasteiger partial charge in [0.25, 0.3) is 0 Å². The maximum Gasteiger partial charge on any atom is 0.325 e. The molecule has 0 aliphatic rings. The molecule has 22 nitrogen and oxygen atoms in total. The molecule has 0 aromatic heterocycles. The van der Waals surface area contributed by atoms with Crippen LogP contribution >= 0.6 is 0 Å². The number of hydrogen-bond donors (Lipinski definition) is 13. The molecule has 1 aromatic rings. The summed E-state index contributed by atoms with van der Waals surface area (Å²) in [5, 5.41) is 44.4. The van der Waals surface area contributed by atoms with Gasteiger partial charge in [0, 0.05) is 19.4 Å². The number of aliphatic hydroxyl groups is 1. The minimum atomic E-state index is -1.68. The van der Waals surface area contributed by atoms with E-state index in [4.69, 9.17) is 22.9 Å². The number of nitrogens with zero attached hydrogens (tertiary/aromatic N) is 1. The molecule has 22 heteroatoms. The Kier molecular flexibility index (Phi) is 22.1. The highest BCUT2D eigenvalue weighted by molar-refractivity contribution is 5.97.